The first-order chi connectivity index (χ1) is 6.18. The molecule has 0 saturated heterocycles. The molecule has 0 aromatic heterocycles. The van der Waals surface area contributed by atoms with Gasteiger partial charge in [0.2, 0.25) is 0 Å². The number of rotatable bonds is 8. The Hall–Kier alpha value is 0.390. The van der Waals surface area contributed by atoms with Crippen LogP contribution in [0.1, 0.15) is 52.9 Å². The van der Waals surface area contributed by atoms with E-state index in [0.717, 1.165) is 24.9 Å². The van der Waals surface area contributed by atoms with Crippen molar-refractivity contribution in [2.24, 2.45) is 0 Å². The van der Waals surface area contributed by atoms with Crippen molar-refractivity contribution in [3.05, 3.63) is 0 Å². The Morgan fingerprint density at radius 3 is 1.54 bits per heavy atom. The molecule has 0 fully saturated rings. The van der Waals surface area contributed by atoms with Crippen LogP contribution in [0.15, 0.2) is 0 Å². The van der Waals surface area contributed by atoms with Crippen molar-refractivity contribution in [3.8, 4) is 0 Å². The van der Waals surface area contributed by atoms with Crippen LogP contribution in [-0.4, -0.2) is 23.4 Å². The quantitative estimate of drug-likeness (QED) is 0.601. The van der Waals surface area contributed by atoms with E-state index in [1.54, 1.807) is 0 Å². The van der Waals surface area contributed by atoms with Gasteiger partial charge in [0, 0.05) is 0 Å². The fourth-order valence-electron chi connectivity index (χ4n) is 1.85. The van der Waals surface area contributed by atoms with Gasteiger partial charge in [0.1, 0.15) is 0 Å². The molecular formula is C11H27OP. The van der Waals surface area contributed by atoms with Gasteiger partial charge in [0.25, 0.3) is 0 Å². The van der Waals surface area contributed by atoms with E-state index in [-0.39, 0.29) is 0 Å². The second kappa shape index (κ2) is 7.76. The first kappa shape index (κ1) is 13.4. The van der Waals surface area contributed by atoms with Crippen molar-refractivity contribution in [2.45, 2.75) is 52.9 Å². The van der Waals surface area contributed by atoms with Gasteiger partial charge < -0.3 is 0 Å². The SMILES string of the molecule is CCCC[PH](O)(CCC)CCCC. The van der Waals surface area contributed by atoms with Crippen LogP contribution in [0.4, 0.5) is 0 Å². The Morgan fingerprint density at radius 2 is 1.23 bits per heavy atom. The molecule has 1 N–H and O–H groups in total. The molecular weight excluding hydrogens is 179 g/mol. The Labute approximate surface area is 84.4 Å². The molecule has 0 rings (SSSR count). The van der Waals surface area contributed by atoms with Gasteiger partial charge in [-0.1, -0.05) is 0 Å². The van der Waals surface area contributed by atoms with E-state index in [2.05, 4.69) is 20.8 Å². The third kappa shape index (κ3) is 6.46. The second-order valence-electron chi connectivity index (χ2n) is 4.18. The van der Waals surface area contributed by atoms with Crippen LogP contribution in [0.25, 0.3) is 0 Å². The molecule has 0 aliphatic rings. The summed E-state index contributed by atoms with van der Waals surface area (Å²) in [5.41, 5.74) is 0. The second-order valence-corrected chi connectivity index (χ2v) is 8.13. The van der Waals surface area contributed by atoms with E-state index in [1.807, 2.05) is 0 Å². The molecule has 0 unspecified atom stereocenters. The minimum atomic E-state index is -1.79. The molecule has 0 aromatic rings. The maximum atomic E-state index is 10.4. The summed E-state index contributed by atoms with van der Waals surface area (Å²) >= 11 is 0. The molecule has 0 bridgehead atoms. The maximum absolute atomic E-state index is 10.4. The molecule has 13 heavy (non-hydrogen) atoms. The van der Waals surface area contributed by atoms with Gasteiger partial charge in [-0.3, -0.25) is 0 Å². The van der Waals surface area contributed by atoms with Crippen LogP contribution >= 0.6 is 7.49 Å². The minimum absolute atomic E-state index is 1.12. The summed E-state index contributed by atoms with van der Waals surface area (Å²) in [5.74, 6) is 0. The van der Waals surface area contributed by atoms with Gasteiger partial charge in [-0.25, -0.2) is 0 Å². The van der Waals surface area contributed by atoms with Crippen LogP contribution < -0.4 is 0 Å². The van der Waals surface area contributed by atoms with Gasteiger partial charge in [-0.15, -0.1) is 0 Å². The van der Waals surface area contributed by atoms with Crippen molar-refractivity contribution in [3.63, 3.8) is 0 Å². The summed E-state index contributed by atoms with van der Waals surface area (Å²) in [7, 11) is -1.79. The zero-order valence-corrected chi connectivity index (χ0v) is 10.6. The molecule has 0 radical (unpaired) electrons. The third-order valence-electron chi connectivity index (χ3n) is 2.71. The van der Waals surface area contributed by atoms with Crippen molar-refractivity contribution in [1.82, 2.24) is 0 Å². The Balaban J connectivity index is 3.84. The average molecular weight is 206 g/mol. The summed E-state index contributed by atoms with van der Waals surface area (Å²) in [6.07, 6.45) is 9.47. The predicted molar refractivity (Wildman–Crippen MR) is 65.2 cm³/mol. The van der Waals surface area contributed by atoms with Crippen molar-refractivity contribution in [1.29, 1.82) is 0 Å². The predicted octanol–water partition coefficient (Wildman–Crippen LogP) is 3.65. The molecule has 0 spiro atoms. The molecule has 0 heterocycles. The number of hydrogen-bond acceptors (Lipinski definition) is 1. The monoisotopic (exact) mass is 206 g/mol. The van der Waals surface area contributed by atoms with Crippen LogP contribution in [-0.2, 0) is 0 Å². The summed E-state index contributed by atoms with van der Waals surface area (Å²) < 4.78 is 0. The van der Waals surface area contributed by atoms with E-state index in [9.17, 15) is 4.89 Å². The normalized spacial score (nSPS) is 13.2. The standard InChI is InChI=1S/C11H27OP/c1-4-7-10-13(12,9-6-3)11-8-5-2/h12-13H,4-11H2,1-3H3. The van der Waals surface area contributed by atoms with Gasteiger partial charge in [0.05, 0.1) is 0 Å². The third-order valence-corrected chi connectivity index (χ3v) is 6.71. The fraction of sp³-hybridized carbons (Fsp3) is 1.00. The van der Waals surface area contributed by atoms with Gasteiger partial charge in [-0.05, 0) is 0 Å². The van der Waals surface area contributed by atoms with Crippen molar-refractivity contribution in [2.75, 3.05) is 18.5 Å². The molecule has 0 saturated carbocycles. The molecule has 82 valence electrons. The molecule has 2 heteroatoms. The topological polar surface area (TPSA) is 20.2 Å². The van der Waals surface area contributed by atoms with Crippen LogP contribution in [0.2, 0.25) is 0 Å². The number of hydrogen-bond donors (Lipinski definition) is 1. The first-order valence-electron chi connectivity index (χ1n) is 5.91. The molecule has 0 amide bonds. The Bertz CT molecular complexity index is 107. The van der Waals surface area contributed by atoms with Crippen LogP contribution in [0.5, 0.6) is 0 Å². The average Bonchev–Trinajstić information content (AvgIpc) is 2.12. The van der Waals surface area contributed by atoms with Crippen molar-refractivity contribution < 1.29 is 4.89 Å². The molecule has 0 atom stereocenters. The zero-order chi connectivity index (χ0) is 10.2. The Kier molecular flexibility index (Phi) is 8.00. The van der Waals surface area contributed by atoms with E-state index in [4.69, 9.17) is 0 Å². The van der Waals surface area contributed by atoms with Gasteiger partial charge in [0.15, 0.2) is 0 Å². The van der Waals surface area contributed by atoms with Crippen molar-refractivity contribution >= 4 is 7.49 Å². The van der Waals surface area contributed by atoms with E-state index in [1.165, 1.54) is 25.7 Å². The van der Waals surface area contributed by atoms with E-state index >= 15 is 0 Å². The number of unbranched alkanes of at least 4 members (excludes halogenated alkanes) is 2. The fourth-order valence-corrected chi connectivity index (χ4v) is 5.56. The zero-order valence-electron chi connectivity index (χ0n) is 9.60. The summed E-state index contributed by atoms with van der Waals surface area (Å²) in [6.45, 7) is 6.61. The first-order valence-corrected chi connectivity index (χ1v) is 8.47. The summed E-state index contributed by atoms with van der Waals surface area (Å²) in [4.78, 5) is 10.4. The van der Waals surface area contributed by atoms with E-state index < -0.39 is 7.49 Å². The molecule has 0 aliphatic carbocycles. The van der Waals surface area contributed by atoms with Gasteiger partial charge in [-0.2, -0.15) is 0 Å². The summed E-state index contributed by atoms with van der Waals surface area (Å²) in [6, 6.07) is 0. The van der Waals surface area contributed by atoms with E-state index in [0.29, 0.717) is 0 Å². The molecule has 0 aliphatic heterocycles. The van der Waals surface area contributed by atoms with Gasteiger partial charge >= 0.3 is 83.7 Å². The Morgan fingerprint density at radius 1 is 0.769 bits per heavy atom. The summed E-state index contributed by atoms with van der Waals surface area (Å²) in [5, 5.41) is 0. The van der Waals surface area contributed by atoms with Crippen LogP contribution in [0, 0.1) is 0 Å². The van der Waals surface area contributed by atoms with Crippen LogP contribution in [0.3, 0.4) is 0 Å². The molecule has 1 nitrogen and oxygen atoms in total. The molecule has 0 aromatic carbocycles.